The van der Waals surface area contributed by atoms with E-state index in [9.17, 15) is 9.59 Å². The summed E-state index contributed by atoms with van der Waals surface area (Å²) in [6.45, 7) is 2.16. The zero-order valence-electron chi connectivity index (χ0n) is 8.94. The van der Waals surface area contributed by atoms with E-state index in [1.54, 1.807) is 6.92 Å². The molecule has 0 saturated carbocycles. The molecule has 0 aromatic heterocycles. The van der Waals surface area contributed by atoms with Crippen LogP contribution >= 0.6 is 15.9 Å². The maximum absolute atomic E-state index is 11.7. The Morgan fingerprint density at radius 1 is 1.38 bits per heavy atom. The molecular formula is C12H12BrNO2. The summed E-state index contributed by atoms with van der Waals surface area (Å²) in [7, 11) is 0. The van der Waals surface area contributed by atoms with Gasteiger partial charge in [0.2, 0.25) is 11.8 Å². The van der Waals surface area contributed by atoms with E-state index in [1.807, 2.05) is 24.3 Å². The van der Waals surface area contributed by atoms with Crippen molar-refractivity contribution in [3.63, 3.8) is 0 Å². The van der Waals surface area contributed by atoms with Crippen molar-refractivity contribution in [1.82, 2.24) is 4.90 Å². The summed E-state index contributed by atoms with van der Waals surface area (Å²) in [4.78, 5) is 24.7. The van der Waals surface area contributed by atoms with E-state index in [2.05, 4.69) is 15.9 Å². The molecule has 2 rings (SSSR count). The van der Waals surface area contributed by atoms with E-state index >= 15 is 0 Å². The van der Waals surface area contributed by atoms with Gasteiger partial charge in [0.25, 0.3) is 0 Å². The molecule has 1 aliphatic heterocycles. The van der Waals surface area contributed by atoms with Crippen LogP contribution in [-0.2, 0) is 16.1 Å². The number of nitrogens with zero attached hydrogens (tertiary/aromatic N) is 1. The number of likely N-dealkylation sites (tertiary alicyclic amines) is 1. The standard InChI is InChI=1S/C12H12BrNO2/c1-8-6-11(15)14(12(8)16)7-9-4-2-3-5-10(9)13/h2-5,8H,6-7H2,1H3. The third-order valence-corrected chi connectivity index (χ3v) is 3.53. The minimum absolute atomic E-state index is 0.0687. The van der Waals surface area contributed by atoms with Crippen molar-refractivity contribution in [3.05, 3.63) is 34.3 Å². The Morgan fingerprint density at radius 2 is 2.06 bits per heavy atom. The molecule has 1 atom stereocenters. The fourth-order valence-corrected chi connectivity index (χ4v) is 2.22. The first-order chi connectivity index (χ1) is 7.59. The number of rotatable bonds is 2. The number of hydrogen-bond acceptors (Lipinski definition) is 2. The van der Waals surface area contributed by atoms with Crippen LogP contribution in [0.15, 0.2) is 28.7 Å². The molecule has 1 aliphatic rings. The van der Waals surface area contributed by atoms with Crippen molar-refractivity contribution in [3.8, 4) is 0 Å². The summed E-state index contributed by atoms with van der Waals surface area (Å²) in [6.07, 6.45) is 0.337. The van der Waals surface area contributed by atoms with Crippen molar-refractivity contribution in [2.75, 3.05) is 0 Å². The molecule has 2 amide bonds. The van der Waals surface area contributed by atoms with Gasteiger partial charge >= 0.3 is 0 Å². The molecule has 84 valence electrons. The normalized spacial score (nSPS) is 20.6. The van der Waals surface area contributed by atoms with Gasteiger partial charge in [0.1, 0.15) is 0 Å². The predicted octanol–water partition coefficient (Wildman–Crippen LogP) is 2.34. The quantitative estimate of drug-likeness (QED) is 0.781. The predicted molar refractivity (Wildman–Crippen MR) is 63.5 cm³/mol. The highest BCUT2D eigenvalue weighted by atomic mass is 79.9. The monoisotopic (exact) mass is 281 g/mol. The summed E-state index contributed by atoms with van der Waals surface area (Å²) in [5.74, 6) is -0.316. The first-order valence-electron chi connectivity index (χ1n) is 5.17. The van der Waals surface area contributed by atoms with Crippen LogP contribution in [0.3, 0.4) is 0 Å². The van der Waals surface area contributed by atoms with Crippen molar-refractivity contribution in [2.45, 2.75) is 19.9 Å². The first-order valence-corrected chi connectivity index (χ1v) is 5.96. The van der Waals surface area contributed by atoms with E-state index in [-0.39, 0.29) is 17.7 Å². The van der Waals surface area contributed by atoms with Crippen LogP contribution in [0.25, 0.3) is 0 Å². The number of benzene rings is 1. The zero-order chi connectivity index (χ0) is 11.7. The van der Waals surface area contributed by atoms with Crippen molar-refractivity contribution >= 4 is 27.7 Å². The van der Waals surface area contributed by atoms with Crippen molar-refractivity contribution < 1.29 is 9.59 Å². The Kier molecular flexibility index (Phi) is 3.10. The van der Waals surface area contributed by atoms with Crippen LogP contribution in [0.5, 0.6) is 0 Å². The van der Waals surface area contributed by atoms with Crippen molar-refractivity contribution in [1.29, 1.82) is 0 Å². The van der Waals surface area contributed by atoms with Gasteiger partial charge in [-0.1, -0.05) is 41.1 Å². The second-order valence-electron chi connectivity index (χ2n) is 4.01. The number of imide groups is 1. The third-order valence-electron chi connectivity index (χ3n) is 2.76. The maximum Gasteiger partial charge on any atom is 0.232 e. The van der Waals surface area contributed by atoms with Gasteiger partial charge in [-0.25, -0.2) is 0 Å². The zero-order valence-corrected chi connectivity index (χ0v) is 10.5. The molecule has 3 nitrogen and oxygen atoms in total. The molecular weight excluding hydrogens is 270 g/mol. The highest BCUT2D eigenvalue weighted by Gasteiger charge is 2.35. The highest BCUT2D eigenvalue weighted by Crippen LogP contribution is 2.24. The lowest BCUT2D eigenvalue weighted by Gasteiger charge is -2.15. The number of carbonyl (C=O) groups is 2. The van der Waals surface area contributed by atoms with E-state index in [0.717, 1.165) is 10.0 Å². The summed E-state index contributed by atoms with van der Waals surface area (Å²) in [5.41, 5.74) is 0.957. The molecule has 1 aromatic carbocycles. The lowest BCUT2D eigenvalue weighted by Crippen LogP contribution is -2.29. The molecule has 1 aromatic rings. The van der Waals surface area contributed by atoms with Crippen LogP contribution < -0.4 is 0 Å². The van der Waals surface area contributed by atoms with Crippen LogP contribution in [0.2, 0.25) is 0 Å². The van der Waals surface area contributed by atoms with Gasteiger partial charge in [-0.2, -0.15) is 0 Å². The third kappa shape index (κ3) is 2.02. The van der Waals surface area contributed by atoms with Gasteiger partial charge in [0, 0.05) is 16.8 Å². The lowest BCUT2D eigenvalue weighted by atomic mass is 10.1. The van der Waals surface area contributed by atoms with E-state index in [1.165, 1.54) is 4.90 Å². The van der Waals surface area contributed by atoms with E-state index < -0.39 is 0 Å². The van der Waals surface area contributed by atoms with Crippen LogP contribution in [0, 0.1) is 5.92 Å². The molecule has 0 radical (unpaired) electrons. The number of halogens is 1. The topological polar surface area (TPSA) is 37.4 Å². The number of amides is 2. The molecule has 0 spiro atoms. The Balaban J connectivity index is 2.20. The minimum atomic E-state index is -0.171. The maximum atomic E-state index is 11.7. The SMILES string of the molecule is CC1CC(=O)N(Cc2ccccc2Br)C1=O. The summed E-state index contributed by atoms with van der Waals surface area (Å²) >= 11 is 3.41. The van der Waals surface area contributed by atoms with Crippen LogP contribution in [0.4, 0.5) is 0 Å². The molecule has 1 saturated heterocycles. The molecule has 16 heavy (non-hydrogen) atoms. The number of carbonyl (C=O) groups excluding carboxylic acids is 2. The Bertz CT molecular complexity index is 444. The first kappa shape index (κ1) is 11.3. The fourth-order valence-electron chi connectivity index (χ4n) is 1.81. The molecule has 1 fully saturated rings. The second-order valence-corrected chi connectivity index (χ2v) is 4.87. The van der Waals surface area contributed by atoms with Gasteiger partial charge in [-0.05, 0) is 11.6 Å². The van der Waals surface area contributed by atoms with Gasteiger partial charge in [-0.3, -0.25) is 14.5 Å². The lowest BCUT2D eigenvalue weighted by molar-refractivity contribution is -0.139. The van der Waals surface area contributed by atoms with Crippen molar-refractivity contribution in [2.24, 2.45) is 5.92 Å². The summed E-state index contributed by atoms with van der Waals surface area (Å²) < 4.78 is 0.926. The Morgan fingerprint density at radius 3 is 2.62 bits per heavy atom. The molecule has 1 unspecified atom stereocenters. The molecule has 0 N–H and O–H groups in total. The van der Waals surface area contributed by atoms with Crippen LogP contribution in [-0.4, -0.2) is 16.7 Å². The summed E-state index contributed by atoms with van der Waals surface area (Å²) in [5, 5.41) is 0. The second kappa shape index (κ2) is 4.37. The average Bonchev–Trinajstić information content (AvgIpc) is 2.48. The summed E-state index contributed by atoms with van der Waals surface area (Å²) in [6, 6.07) is 7.62. The van der Waals surface area contributed by atoms with E-state index in [0.29, 0.717) is 13.0 Å². The number of hydrogen-bond donors (Lipinski definition) is 0. The smallest absolute Gasteiger partial charge is 0.232 e. The van der Waals surface area contributed by atoms with Gasteiger partial charge in [-0.15, -0.1) is 0 Å². The fraction of sp³-hybridized carbons (Fsp3) is 0.333. The minimum Gasteiger partial charge on any atom is -0.278 e. The average molecular weight is 282 g/mol. The molecule has 4 heteroatoms. The molecule has 1 heterocycles. The van der Waals surface area contributed by atoms with Gasteiger partial charge in [0.15, 0.2) is 0 Å². The Hall–Kier alpha value is -1.16. The van der Waals surface area contributed by atoms with Crippen LogP contribution in [0.1, 0.15) is 18.9 Å². The van der Waals surface area contributed by atoms with Gasteiger partial charge < -0.3 is 0 Å². The van der Waals surface area contributed by atoms with Gasteiger partial charge in [0.05, 0.1) is 6.54 Å². The highest BCUT2D eigenvalue weighted by molar-refractivity contribution is 9.10. The largest absolute Gasteiger partial charge is 0.278 e. The molecule has 0 bridgehead atoms. The molecule has 0 aliphatic carbocycles. The van der Waals surface area contributed by atoms with E-state index in [4.69, 9.17) is 0 Å². The Labute approximate surface area is 103 Å².